The Morgan fingerprint density at radius 1 is 1.10 bits per heavy atom. The van der Waals surface area contributed by atoms with Crippen LogP contribution in [0.1, 0.15) is 26.1 Å². The molecule has 20 heavy (non-hydrogen) atoms. The summed E-state index contributed by atoms with van der Waals surface area (Å²) in [5.41, 5.74) is 0. The molecule has 4 nitrogen and oxygen atoms in total. The van der Waals surface area contributed by atoms with Gasteiger partial charge in [-0.05, 0) is 25.5 Å². The van der Waals surface area contributed by atoms with Crippen LogP contribution >= 0.6 is 11.6 Å². The molecule has 2 rings (SSSR count). The van der Waals surface area contributed by atoms with Gasteiger partial charge >= 0.3 is 0 Å². The Kier molecular flexibility index (Phi) is 5.18. The molecule has 1 aromatic heterocycles. The van der Waals surface area contributed by atoms with Gasteiger partial charge in [0, 0.05) is 12.5 Å². The summed E-state index contributed by atoms with van der Waals surface area (Å²) in [6.07, 6.45) is 1.72. The van der Waals surface area contributed by atoms with Crippen LogP contribution in [0.4, 0.5) is 0 Å². The summed E-state index contributed by atoms with van der Waals surface area (Å²) in [6, 6.07) is 9.07. The van der Waals surface area contributed by atoms with E-state index in [1.807, 2.05) is 31.2 Å². The highest BCUT2D eigenvalue weighted by atomic mass is 35.5. The van der Waals surface area contributed by atoms with E-state index < -0.39 is 0 Å². The molecule has 0 aliphatic heterocycles. The third-order valence-electron chi connectivity index (χ3n) is 2.55. The predicted octanol–water partition coefficient (Wildman–Crippen LogP) is 4.27. The van der Waals surface area contributed by atoms with Crippen molar-refractivity contribution in [2.75, 3.05) is 6.61 Å². The molecule has 1 aromatic carbocycles. The van der Waals surface area contributed by atoms with Gasteiger partial charge in [0.15, 0.2) is 11.5 Å². The molecule has 5 heteroatoms. The fraction of sp³-hybridized carbons (Fsp3) is 0.333. The summed E-state index contributed by atoms with van der Waals surface area (Å²) in [5.74, 6) is 2.41. The van der Waals surface area contributed by atoms with Crippen molar-refractivity contribution >= 4 is 11.6 Å². The standard InChI is InChI=1S/C15H17ClN2O2/c1-3-7-14-17-13(16)10-15(18-14)20-12-9-6-5-8-11(12)19-4-2/h5-6,8-10H,3-4,7H2,1-2H3. The number of hydrogen-bond donors (Lipinski definition) is 0. The third kappa shape index (κ3) is 3.84. The molecule has 0 aliphatic rings. The van der Waals surface area contributed by atoms with Crippen LogP contribution in [0.5, 0.6) is 17.4 Å². The molecular weight excluding hydrogens is 276 g/mol. The van der Waals surface area contributed by atoms with Gasteiger partial charge in [-0.1, -0.05) is 30.7 Å². The van der Waals surface area contributed by atoms with E-state index in [1.54, 1.807) is 6.07 Å². The molecule has 0 atom stereocenters. The molecule has 0 saturated carbocycles. The number of aromatic nitrogens is 2. The second kappa shape index (κ2) is 7.10. The molecule has 0 radical (unpaired) electrons. The average Bonchev–Trinajstić information content (AvgIpc) is 2.41. The van der Waals surface area contributed by atoms with E-state index in [0.717, 1.165) is 12.8 Å². The molecular formula is C15H17ClN2O2. The van der Waals surface area contributed by atoms with E-state index in [9.17, 15) is 0 Å². The highest BCUT2D eigenvalue weighted by Gasteiger charge is 2.08. The first-order valence-electron chi connectivity index (χ1n) is 6.66. The summed E-state index contributed by atoms with van der Waals surface area (Å²) in [5, 5.41) is 0.382. The maximum atomic E-state index is 5.99. The molecule has 0 bridgehead atoms. The maximum absolute atomic E-state index is 5.99. The molecule has 0 fully saturated rings. The number of aryl methyl sites for hydroxylation is 1. The van der Waals surface area contributed by atoms with E-state index in [2.05, 4.69) is 16.9 Å². The number of benzene rings is 1. The molecule has 0 unspecified atom stereocenters. The van der Waals surface area contributed by atoms with Gasteiger partial charge in [0.25, 0.3) is 0 Å². The lowest BCUT2D eigenvalue weighted by atomic mass is 10.3. The van der Waals surface area contributed by atoms with Crippen LogP contribution < -0.4 is 9.47 Å². The van der Waals surface area contributed by atoms with Gasteiger partial charge in [-0.3, -0.25) is 0 Å². The summed E-state index contributed by atoms with van der Waals surface area (Å²) >= 11 is 5.99. The monoisotopic (exact) mass is 292 g/mol. The Bertz CT molecular complexity index is 576. The number of ether oxygens (including phenoxy) is 2. The number of rotatable bonds is 6. The van der Waals surface area contributed by atoms with E-state index in [1.165, 1.54) is 0 Å². The Labute approximate surface area is 123 Å². The number of hydrogen-bond acceptors (Lipinski definition) is 4. The Morgan fingerprint density at radius 3 is 2.55 bits per heavy atom. The lowest BCUT2D eigenvalue weighted by molar-refractivity contribution is 0.319. The largest absolute Gasteiger partial charge is 0.490 e. The van der Waals surface area contributed by atoms with E-state index >= 15 is 0 Å². The summed E-state index contributed by atoms with van der Waals surface area (Å²) in [6.45, 7) is 4.57. The van der Waals surface area contributed by atoms with Crippen molar-refractivity contribution in [2.45, 2.75) is 26.7 Å². The van der Waals surface area contributed by atoms with E-state index in [4.69, 9.17) is 21.1 Å². The van der Waals surface area contributed by atoms with Crippen LogP contribution in [0.2, 0.25) is 5.15 Å². The van der Waals surface area contributed by atoms with Gasteiger partial charge in [0.2, 0.25) is 5.88 Å². The van der Waals surface area contributed by atoms with Crippen LogP contribution in [-0.4, -0.2) is 16.6 Å². The van der Waals surface area contributed by atoms with Gasteiger partial charge in [-0.15, -0.1) is 0 Å². The molecule has 0 spiro atoms. The summed E-state index contributed by atoms with van der Waals surface area (Å²) < 4.78 is 11.3. The third-order valence-corrected chi connectivity index (χ3v) is 2.75. The van der Waals surface area contributed by atoms with Gasteiger partial charge in [-0.2, -0.15) is 4.98 Å². The summed E-state index contributed by atoms with van der Waals surface area (Å²) in [4.78, 5) is 8.51. The topological polar surface area (TPSA) is 44.2 Å². The molecule has 0 saturated heterocycles. The van der Waals surface area contributed by atoms with Gasteiger partial charge < -0.3 is 9.47 Å². The zero-order chi connectivity index (χ0) is 14.4. The highest BCUT2D eigenvalue weighted by Crippen LogP contribution is 2.31. The van der Waals surface area contributed by atoms with Crippen LogP contribution in [0.15, 0.2) is 30.3 Å². The molecule has 0 N–H and O–H groups in total. The normalized spacial score (nSPS) is 10.3. The van der Waals surface area contributed by atoms with Gasteiger partial charge in [0.1, 0.15) is 11.0 Å². The van der Waals surface area contributed by atoms with Gasteiger partial charge in [-0.25, -0.2) is 4.98 Å². The SMILES string of the molecule is CCCc1nc(Cl)cc(Oc2ccccc2OCC)n1. The summed E-state index contributed by atoms with van der Waals surface area (Å²) in [7, 11) is 0. The minimum atomic E-state index is 0.382. The smallest absolute Gasteiger partial charge is 0.224 e. The Morgan fingerprint density at radius 2 is 1.85 bits per heavy atom. The zero-order valence-corrected chi connectivity index (χ0v) is 12.4. The molecule has 2 aromatic rings. The van der Waals surface area contributed by atoms with Crippen LogP contribution in [0.25, 0.3) is 0 Å². The van der Waals surface area contributed by atoms with Crippen LogP contribution in [0.3, 0.4) is 0 Å². The van der Waals surface area contributed by atoms with Crippen LogP contribution in [0, 0.1) is 0 Å². The van der Waals surface area contributed by atoms with Crippen molar-refractivity contribution in [3.63, 3.8) is 0 Å². The van der Waals surface area contributed by atoms with Crippen LogP contribution in [-0.2, 0) is 6.42 Å². The van der Waals surface area contributed by atoms with Crippen molar-refractivity contribution in [1.82, 2.24) is 9.97 Å². The second-order valence-electron chi connectivity index (χ2n) is 4.18. The fourth-order valence-corrected chi connectivity index (χ4v) is 1.94. The second-order valence-corrected chi connectivity index (χ2v) is 4.56. The van der Waals surface area contributed by atoms with Gasteiger partial charge in [0.05, 0.1) is 6.61 Å². The first kappa shape index (κ1) is 14.6. The molecule has 0 amide bonds. The van der Waals surface area contributed by atoms with Crippen molar-refractivity contribution in [3.8, 4) is 17.4 Å². The number of nitrogens with zero attached hydrogens (tertiary/aromatic N) is 2. The minimum Gasteiger partial charge on any atom is -0.490 e. The van der Waals surface area contributed by atoms with Crippen molar-refractivity contribution in [2.24, 2.45) is 0 Å². The zero-order valence-electron chi connectivity index (χ0n) is 11.6. The minimum absolute atomic E-state index is 0.382. The lowest BCUT2D eigenvalue weighted by Crippen LogP contribution is -1.99. The van der Waals surface area contributed by atoms with E-state index in [0.29, 0.717) is 35.0 Å². The maximum Gasteiger partial charge on any atom is 0.224 e. The van der Waals surface area contributed by atoms with Crippen molar-refractivity contribution < 1.29 is 9.47 Å². The Hall–Kier alpha value is -1.81. The first-order valence-corrected chi connectivity index (χ1v) is 7.03. The first-order chi connectivity index (χ1) is 9.72. The predicted molar refractivity (Wildman–Crippen MR) is 78.7 cm³/mol. The van der Waals surface area contributed by atoms with Crippen molar-refractivity contribution in [3.05, 3.63) is 41.3 Å². The molecule has 1 heterocycles. The van der Waals surface area contributed by atoms with Crippen molar-refractivity contribution in [1.29, 1.82) is 0 Å². The lowest BCUT2D eigenvalue weighted by Gasteiger charge is -2.11. The molecule has 0 aliphatic carbocycles. The quantitative estimate of drug-likeness (QED) is 0.746. The average molecular weight is 293 g/mol. The van der Waals surface area contributed by atoms with E-state index in [-0.39, 0.29) is 0 Å². The number of halogens is 1. The molecule has 106 valence electrons. The number of para-hydroxylation sites is 2. The Balaban J connectivity index is 2.25. The highest BCUT2D eigenvalue weighted by molar-refractivity contribution is 6.29. The fourth-order valence-electron chi connectivity index (χ4n) is 1.75.